The maximum Gasteiger partial charge on any atom is 0.289 e. The molecule has 0 heterocycles. The summed E-state index contributed by atoms with van der Waals surface area (Å²) in [5, 5.41) is 20.3. The third-order valence-corrected chi connectivity index (χ3v) is 5.07. The summed E-state index contributed by atoms with van der Waals surface area (Å²) in [6, 6.07) is 4.53. The van der Waals surface area contributed by atoms with Crippen LogP contribution < -0.4 is 0 Å². The molecule has 0 radical (unpaired) electrons. The van der Waals surface area contributed by atoms with Crippen molar-refractivity contribution in [1.82, 2.24) is 4.31 Å². The molecule has 1 aromatic carbocycles. The van der Waals surface area contributed by atoms with Gasteiger partial charge in [0.25, 0.3) is 5.69 Å². The Bertz CT molecular complexity index is 585. The van der Waals surface area contributed by atoms with Gasteiger partial charge in [0.05, 0.1) is 17.6 Å². The van der Waals surface area contributed by atoms with Crippen LogP contribution in [0.25, 0.3) is 0 Å². The quantitative estimate of drug-likeness (QED) is 0.629. The average molecular weight is 302 g/mol. The largest absolute Gasteiger partial charge is 0.395 e. The van der Waals surface area contributed by atoms with Gasteiger partial charge in [-0.2, -0.15) is 4.31 Å². The molecule has 20 heavy (non-hydrogen) atoms. The Morgan fingerprint density at radius 3 is 2.35 bits per heavy atom. The van der Waals surface area contributed by atoms with Crippen molar-refractivity contribution < 1.29 is 18.4 Å². The summed E-state index contributed by atoms with van der Waals surface area (Å²) in [5.74, 6) is -0.123. The molecule has 0 aliphatic rings. The first kappa shape index (κ1) is 16.5. The fraction of sp³-hybridized carbons (Fsp3) is 0.500. The molecular formula is C12H18N2O5S. The lowest BCUT2D eigenvalue weighted by Crippen LogP contribution is -2.42. The van der Waals surface area contributed by atoms with Gasteiger partial charge in [0.15, 0.2) is 4.90 Å². The van der Waals surface area contributed by atoms with E-state index in [4.69, 9.17) is 0 Å². The lowest BCUT2D eigenvalue weighted by atomic mass is 10.1. The minimum absolute atomic E-state index is 0.123. The van der Waals surface area contributed by atoms with Crippen molar-refractivity contribution in [2.75, 3.05) is 13.7 Å². The topological polar surface area (TPSA) is 101 Å². The molecule has 0 unspecified atom stereocenters. The number of benzene rings is 1. The molecule has 0 aliphatic carbocycles. The summed E-state index contributed by atoms with van der Waals surface area (Å²) in [6.45, 7) is 3.19. The van der Waals surface area contributed by atoms with Crippen LogP contribution in [0.5, 0.6) is 0 Å². The van der Waals surface area contributed by atoms with Crippen molar-refractivity contribution in [1.29, 1.82) is 0 Å². The van der Waals surface area contributed by atoms with Crippen LogP contribution >= 0.6 is 0 Å². The number of likely N-dealkylation sites (N-methyl/N-ethyl adjacent to an activating group) is 1. The van der Waals surface area contributed by atoms with Crippen LogP contribution in [0.1, 0.15) is 13.8 Å². The highest BCUT2D eigenvalue weighted by atomic mass is 32.2. The number of hydrogen-bond donors (Lipinski definition) is 1. The van der Waals surface area contributed by atoms with Gasteiger partial charge >= 0.3 is 0 Å². The summed E-state index contributed by atoms with van der Waals surface area (Å²) in [7, 11) is -2.73. The molecule has 1 rings (SSSR count). The standard InChI is InChI=1S/C12H18N2O5S/c1-9(2)11(8-15)13(3)20(18,19)12-7-5-4-6-10(12)14(16)17/h4-7,9,11,15H,8H2,1-3H3/t11-/m1/s1. The van der Waals surface area contributed by atoms with E-state index in [0.717, 1.165) is 10.4 Å². The van der Waals surface area contributed by atoms with E-state index in [-0.39, 0.29) is 17.4 Å². The van der Waals surface area contributed by atoms with E-state index < -0.39 is 26.7 Å². The van der Waals surface area contributed by atoms with Crippen molar-refractivity contribution in [3.8, 4) is 0 Å². The maximum atomic E-state index is 12.5. The molecule has 0 saturated heterocycles. The molecule has 0 aliphatic heterocycles. The smallest absolute Gasteiger partial charge is 0.289 e. The zero-order valence-corrected chi connectivity index (χ0v) is 12.4. The molecule has 112 valence electrons. The fourth-order valence-corrected chi connectivity index (χ4v) is 3.54. The van der Waals surface area contributed by atoms with Crippen LogP contribution in [-0.4, -0.2) is 42.4 Å². The zero-order chi connectivity index (χ0) is 15.5. The van der Waals surface area contributed by atoms with Crippen molar-refractivity contribution >= 4 is 15.7 Å². The minimum Gasteiger partial charge on any atom is -0.395 e. The second kappa shape index (κ2) is 6.29. The molecule has 0 spiro atoms. The van der Waals surface area contributed by atoms with Crippen LogP contribution in [0.15, 0.2) is 29.2 Å². The first-order chi connectivity index (χ1) is 9.23. The van der Waals surface area contributed by atoms with Gasteiger partial charge < -0.3 is 5.11 Å². The zero-order valence-electron chi connectivity index (χ0n) is 11.6. The number of aliphatic hydroxyl groups excluding tert-OH is 1. The Labute approximate surface area is 118 Å². The van der Waals surface area contributed by atoms with Gasteiger partial charge in [-0.1, -0.05) is 26.0 Å². The number of sulfonamides is 1. The molecular weight excluding hydrogens is 284 g/mol. The van der Waals surface area contributed by atoms with E-state index in [9.17, 15) is 23.6 Å². The third-order valence-electron chi connectivity index (χ3n) is 3.14. The van der Waals surface area contributed by atoms with Gasteiger partial charge in [0.2, 0.25) is 10.0 Å². The molecule has 0 amide bonds. The van der Waals surface area contributed by atoms with Gasteiger partial charge in [0.1, 0.15) is 0 Å². The summed E-state index contributed by atoms with van der Waals surface area (Å²) >= 11 is 0. The molecule has 0 aromatic heterocycles. The minimum atomic E-state index is -4.04. The maximum absolute atomic E-state index is 12.5. The van der Waals surface area contributed by atoms with Gasteiger partial charge in [-0.3, -0.25) is 10.1 Å². The summed E-state index contributed by atoms with van der Waals surface area (Å²) in [4.78, 5) is 9.84. The van der Waals surface area contributed by atoms with Crippen LogP contribution in [-0.2, 0) is 10.0 Å². The van der Waals surface area contributed by atoms with Crippen molar-refractivity contribution in [3.05, 3.63) is 34.4 Å². The molecule has 8 heteroatoms. The SMILES string of the molecule is CC(C)[C@@H](CO)N(C)S(=O)(=O)c1ccccc1[N+](=O)[O-]. The fourth-order valence-electron chi connectivity index (χ4n) is 1.91. The van der Waals surface area contributed by atoms with E-state index in [0.29, 0.717) is 0 Å². The number of para-hydroxylation sites is 1. The van der Waals surface area contributed by atoms with E-state index in [1.807, 2.05) is 0 Å². The highest BCUT2D eigenvalue weighted by Crippen LogP contribution is 2.27. The summed E-state index contributed by atoms with van der Waals surface area (Å²) in [6.07, 6.45) is 0. The average Bonchev–Trinajstić information content (AvgIpc) is 2.38. The van der Waals surface area contributed by atoms with Crippen LogP contribution in [0.3, 0.4) is 0 Å². The molecule has 1 aromatic rings. The third kappa shape index (κ3) is 3.14. The van der Waals surface area contributed by atoms with Gasteiger partial charge in [-0.05, 0) is 12.0 Å². The number of aliphatic hydroxyl groups is 1. The summed E-state index contributed by atoms with van der Waals surface area (Å²) in [5.41, 5.74) is -0.472. The molecule has 7 nitrogen and oxygen atoms in total. The number of rotatable bonds is 6. The Hall–Kier alpha value is -1.51. The lowest BCUT2D eigenvalue weighted by molar-refractivity contribution is -0.387. The van der Waals surface area contributed by atoms with E-state index in [2.05, 4.69) is 0 Å². The Balaban J connectivity index is 3.34. The Kier molecular flexibility index (Phi) is 5.21. The normalized spacial score (nSPS) is 13.7. The predicted molar refractivity (Wildman–Crippen MR) is 73.8 cm³/mol. The molecule has 0 saturated carbocycles. The van der Waals surface area contributed by atoms with Crippen LogP contribution in [0, 0.1) is 16.0 Å². The molecule has 0 fully saturated rings. The number of hydrogen-bond acceptors (Lipinski definition) is 5. The predicted octanol–water partition coefficient (Wildman–Crippen LogP) is 1.23. The highest BCUT2D eigenvalue weighted by Gasteiger charge is 2.34. The lowest BCUT2D eigenvalue weighted by Gasteiger charge is -2.28. The van der Waals surface area contributed by atoms with Crippen LogP contribution in [0.2, 0.25) is 0 Å². The highest BCUT2D eigenvalue weighted by molar-refractivity contribution is 7.89. The second-order valence-electron chi connectivity index (χ2n) is 4.74. The number of nitro benzene ring substituents is 1. The van der Waals surface area contributed by atoms with Crippen molar-refractivity contribution in [2.24, 2.45) is 5.92 Å². The van der Waals surface area contributed by atoms with Gasteiger partial charge in [0, 0.05) is 13.1 Å². The van der Waals surface area contributed by atoms with E-state index >= 15 is 0 Å². The first-order valence-electron chi connectivity index (χ1n) is 6.05. The monoisotopic (exact) mass is 302 g/mol. The number of nitro groups is 1. The first-order valence-corrected chi connectivity index (χ1v) is 7.49. The molecule has 1 atom stereocenters. The Morgan fingerprint density at radius 1 is 1.35 bits per heavy atom. The molecule has 1 N–H and O–H groups in total. The van der Waals surface area contributed by atoms with Crippen molar-refractivity contribution in [2.45, 2.75) is 24.8 Å². The van der Waals surface area contributed by atoms with E-state index in [1.54, 1.807) is 13.8 Å². The number of nitrogens with zero attached hydrogens (tertiary/aromatic N) is 2. The van der Waals surface area contributed by atoms with Gasteiger partial charge in [-0.15, -0.1) is 0 Å². The second-order valence-corrected chi connectivity index (χ2v) is 6.71. The Morgan fingerprint density at radius 2 is 1.90 bits per heavy atom. The molecule has 0 bridgehead atoms. The van der Waals surface area contributed by atoms with Crippen molar-refractivity contribution in [3.63, 3.8) is 0 Å². The van der Waals surface area contributed by atoms with E-state index in [1.165, 1.54) is 25.2 Å². The summed E-state index contributed by atoms with van der Waals surface area (Å²) < 4.78 is 25.9. The van der Waals surface area contributed by atoms with Crippen LogP contribution in [0.4, 0.5) is 5.69 Å². The van der Waals surface area contributed by atoms with Gasteiger partial charge in [-0.25, -0.2) is 8.42 Å².